The van der Waals surface area contributed by atoms with E-state index in [0.717, 1.165) is 51.4 Å². The highest BCUT2D eigenvalue weighted by molar-refractivity contribution is 5.90. The van der Waals surface area contributed by atoms with Crippen LogP contribution in [0.5, 0.6) is 0 Å². The Bertz CT molecular complexity index is 1460. The van der Waals surface area contributed by atoms with Crippen LogP contribution in [-0.2, 0) is 18.9 Å². The summed E-state index contributed by atoms with van der Waals surface area (Å²) in [6.45, 7) is 11.9. The maximum atomic E-state index is 13.8. The summed E-state index contributed by atoms with van der Waals surface area (Å²) in [5.74, 6) is 1.32. The van der Waals surface area contributed by atoms with E-state index >= 15 is 0 Å². The first-order valence-electron chi connectivity index (χ1n) is 18.9. The second kappa shape index (κ2) is 13.8. The van der Waals surface area contributed by atoms with Gasteiger partial charge in [0.25, 0.3) is 0 Å². The molecule has 0 aromatic heterocycles. The van der Waals surface area contributed by atoms with Gasteiger partial charge in [0.05, 0.1) is 29.4 Å². The molecule has 1 aliphatic heterocycles. The Morgan fingerprint density at radius 2 is 1.45 bits per heavy atom. The largest absolute Gasteiger partial charge is 0.459 e. The van der Waals surface area contributed by atoms with Crippen LogP contribution in [0.3, 0.4) is 0 Å². The van der Waals surface area contributed by atoms with Crippen LogP contribution in [0.1, 0.15) is 107 Å². The molecule has 7 heteroatoms. The lowest BCUT2D eigenvalue weighted by molar-refractivity contribution is -0.199. The van der Waals surface area contributed by atoms with E-state index in [1.54, 1.807) is 0 Å². The van der Waals surface area contributed by atoms with Crippen molar-refractivity contribution in [3.63, 3.8) is 0 Å². The lowest BCUT2D eigenvalue weighted by Gasteiger charge is -2.63. The quantitative estimate of drug-likeness (QED) is 0.269. The predicted molar refractivity (Wildman–Crippen MR) is 187 cm³/mol. The van der Waals surface area contributed by atoms with Crippen molar-refractivity contribution in [1.29, 1.82) is 0 Å². The van der Waals surface area contributed by atoms with E-state index in [4.69, 9.17) is 18.9 Å². The molecular formula is C42H56O7. The zero-order valence-corrected chi connectivity index (χ0v) is 30.0. The Hall–Kier alpha value is -2.74. The highest BCUT2D eigenvalue weighted by Crippen LogP contribution is 2.70. The molecule has 4 aliphatic carbocycles. The number of esters is 2. The molecule has 0 radical (unpaired) electrons. The van der Waals surface area contributed by atoms with Gasteiger partial charge in [-0.1, -0.05) is 71.0 Å². The maximum Gasteiger partial charge on any atom is 0.338 e. The summed E-state index contributed by atoms with van der Waals surface area (Å²) in [5.41, 5.74) is 1.09. The molecule has 1 heterocycles. The van der Waals surface area contributed by atoms with Crippen molar-refractivity contribution < 1.29 is 33.6 Å². The Labute approximate surface area is 292 Å². The first kappa shape index (κ1) is 34.7. The van der Waals surface area contributed by atoms with Gasteiger partial charge in [-0.15, -0.1) is 0 Å². The molecule has 266 valence electrons. The fourth-order valence-electron chi connectivity index (χ4n) is 11.7. The number of aliphatic hydroxyl groups excluding tert-OH is 1. The van der Waals surface area contributed by atoms with Crippen molar-refractivity contribution in [2.45, 2.75) is 117 Å². The van der Waals surface area contributed by atoms with Gasteiger partial charge in [0, 0.05) is 5.92 Å². The number of carbonyl (C=O) groups excluding carboxylic acids is 2. The standard InChI is InChI=1S/C42H56O7/c1-25(2)20-30(48-39(44)27-12-8-6-9-13-27)21-26(3)32-23-34(49-40(45)28-14-10-7-11-15-28)36-35-31(17-19-42(32,36)5)41(4)18-16-29(43)22-33(41)37-38(35)47-24-46-37/h6-15,25-26,29-38,43H,16-24H2,1-5H3/t26-,29-,30-,31+,32-,33-,34-,35-,36+,37-,38-,41-,42-/m1/s1. The van der Waals surface area contributed by atoms with Gasteiger partial charge in [-0.05, 0) is 122 Å². The van der Waals surface area contributed by atoms with Gasteiger partial charge in [-0.25, -0.2) is 9.59 Å². The third kappa shape index (κ3) is 6.38. The Balaban J connectivity index is 1.20. The molecule has 0 bridgehead atoms. The molecule has 13 atom stereocenters. The number of hydrogen-bond acceptors (Lipinski definition) is 7. The monoisotopic (exact) mass is 672 g/mol. The van der Waals surface area contributed by atoms with Crippen molar-refractivity contribution in [2.24, 2.45) is 52.3 Å². The second-order valence-corrected chi connectivity index (χ2v) is 17.1. The summed E-state index contributed by atoms with van der Waals surface area (Å²) in [4.78, 5) is 27.0. The van der Waals surface area contributed by atoms with E-state index in [9.17, 15) is 14.7 Å². The van der Waals surface area contributed by atoms with Gasteiger partial charge in [0.2, 0.25) is 0 Å². The molecule has 49 heavy (non-hydrogen) atoms. The minimum Gasteiger partial charge on any atom is -0.459 e. The minimum atomic E-state index is -0.292. The molecule has 0 unspecified atom stereocenters. The first-order valence-corrected chi connectivity index (χ1v) is 18.9. The van der Waals surface area contributed by atoms with Crippen molar-refractivity contribution in [1.82, 2.24) is 0 Å². The summed E-state index contributed by atoms with van der Waals surface area (Å²) >= 11 is 0. The number of rotatable bonds is 9. The summed E-state index contributed by atoms with van der Waals surface area (Å²) in [5, 5.41) is 10.8. The highest BCUT2D eigenvalue weighted by atomic mass is 16.7. The Morgan fingerprint density at radius 3 is 2.12 bits per heavy atom. The van der Waals surface area contributed by atoms with Crippen LogP contribution in [-0.4, -0.2) is 54.4 Å². The van der Waals surface area contributed by atoms with E-state index in [0.29, 0.717) is 23.0 Å². The summed E-state index contributed by atoms with van der Waals surface area (Å²) in [6.07, 6.45) is 6.16. The molecule has 1 N–H and O–H groups in total. The molecule has 5 fully saturated rings. The molecule has 7 nitrogen and oxygen atoms in total. The molecule has 7 rings (SSSR count). The average Bonchev–Trinajstić information content (AvgIpc) is 3.68. The smallest absolute Gasteiger partial charge is 0.338 e. The fraction of sp³-hybridized carbons (Fsp3) is 0.667. The predicted octanol–water partition coefficient (Wildman–Crippen LogP) is 8.10. The van der Waals surface area contributed by atoms with E-state index in [-0.39, 0.29) is 89.7 Å². The van der Waals surface area contributed by atoms with Crippen LogP contribution in [0.2, 0.25) is 0 Å². The third-order valence-electron chi connectivity index (χ3n) is 13.8. The lowest BCUT2D eigenvalue weighted by Crippen LogP contribution is -2.64. The first-order chi connectivity index (χ1) is 23.5. The van der Waals surface area contributed by atoms with Crippen molar-refractivity contribution >= 4 is 11.9 Å². The number of hydrogen-bond donors (Lipinski definition) is 1. The molecule has 2 aromatic carbocycles. The normalized spacial score (nSPS) is 39.2. The SMILES string of the molecule is CC(C)C[C@H](C[C@@H](C)[C@H]1C[C@@H](OC(=O)c2ccccc2)[C@H]2[C@@H]3[C@H]4OCO[C@@H]4[C@H]4C[C@H](O)CC[C@]4(C)[C@H]3CC[C@@]21C)OC(=O)c1ccccc1. The number of fused-ring (bicyclic) bond motifs is 8. The average molecular weight is 673 g/mol. The number of ether oxygens (including phenoxy) is 4. The van der Waals surface area contributed by atoms with Crippen LogP contribution in [0.15, 0.2) is 60.7 Å². The number of carbonyl (C=O) groups is 2. The molecule has 2 aromatic rings. The Kier molecular flexibility index (Phi) is 9.75. The van der Waals surface area contributed by atoms with Gasteiger partial charge in [0.15, 0.2) is 0 Å². The summed E-state index contributed by atoms with van der Waals surface area (Å²) in [7, 11) is 0. The number of aliphatic hydroxyl groups is 1. The zero-order valence-electron chi connectivity index (χ0n) is 30.0. The molecular weight excluding hydrogens is 616 g/mol. The van der Waals surface area contributed by atoms with Crippen LogP contribution in [0.25, 0.3) is 0 Å². The van der Waals surface area contributed by atoms with E-state index in [1.807, 2.05) is 60.7 Å². The molecule has 1 saturated heterocycles. The van der Waals surface area contributed by atoms with Crippen LogP contribution in [0.4, 0.5) is 0 Å². The second-order valence-electron chi connectivity index (χ2n) is 17.1. The van der Waals surface area contributed by atoms with E-state index in [1.165, 1.54) is 0 Å². The number of benzene rings is 2. The topological polar surface area (TPSA) is 91.3 Å². The van der Waals surface area contributed by atoms with Crippen LogP contribution in [0, 0.1) is 52.3 Å². The lowest BCUT2D eigenvalue weighted by atomic mass is 9.43. The van der Waals surface area contributed by atoms with Crippen molar-refractivity contribution in [2.75, 3.05) is 6.79 Å². The molecule has 0 spiro atoms. The maximum absolute atomic E-state index is 13.8. The van der Waals surface area contributed by atoms with Gasteiger partial charge >= 0.3 is 11.9 Å². The highest BCUT2D eigenvalue weighted by Gasteiger charge is 2.69. The summed E-state index contributed by atoms with van der Waals surface area (Å²) in [6, 6.07) is 18.6. The van der Waals surface area contributed by atoms with Crippen LogP contribution >= 0.6 is 0 Å². The van der Waals surface area contributed by atoms with Crippen molar-refractivity contribution in [3.8, 4) is 0 Å². The molecule has 5 aliphatic rings. The third-order valence-corrected chi connectivity index (χ3v) is 13.8. The van der Waals surface area contributed by atoms with Crippen molar-refractivity contribution in [3.05, 3.63) is 71.8 Å². The van der Waals surface area contributed by atoms with Gasteiger partial charge in [-0.2, -0.15) is 0 Å². The van der Waals surface area contributed by atoms with Gasteiger partial charge in [-0.3, -0.25) is 0 Å². The van der Waals surface area contributed by atoms with E-state index in [2.05, 4.69) is 34.6 Å². The minimum absolute atomic E-state index is 0.0335. The van der Waals surface area contributed by atoms with Gasteiger partial charge in [0.1, 0.15) is 19.0 Å². The van der Waals surface area contributed by atoms with Gasteiger partial charge < -0.3 is 24.1 Å². The molecule has 4 saturated carbocycles. The summed E-state index contributed by atoms with van der Waals surface area (Å²) < 4.78 is 25.8. The Morgan fingerprint density at radius 1 is 0.816 bits per heavy atom. The fourth-order valence-corrected chi connectivity index (χ4v) is 11.7. The van der Waals surface area contributed by atoms with Crippen LogP contribution < -0.4 is 0 Å². The molecule has 0 amide bonds. The zero-order chi connectivity index (χ0) is 34.5. The van der Waals surface area contributed by atoms with E-state index < -0.39 is 0 Å².